The van der Waals surface area contributed by atoms with E-state index in [0.717, 1.165) is 0 Å². The van der Waals surface area contributed by atoms with Crippen LogP contribution in [0, 0.1) is 6.92 Å². The Morgan fingerprint density at radius 3 is 2.93 bits per heavy atom. The van der Waals surface area contributed by atoms with Crippen LogP contribution in [0.4, 0.5) is 5.69 Å². The van der Waals surface area contributed by atoms with E-state index < -0.39 is 0 Å². The monoisotopic (exact) mass is 214 g/mol. The maximum atomic E-state index is 11.2. The van der Waals surface area contributed by atoms with Crippen LogP contribution in [0.25, 0.3) is 0 Å². The molecule has 5 heteroatoms. The summed E-state index contributed by atoms with van der Waals surface area (Å²) in [6.07, 6.45) is 0. The number of ether oxygens (including phenoxy) is 1. The number of aromatic nitrogens is 1. The number of nitrogens with zero attached hydrogens (tertiary/aromatic N) is 1. The second-order valence-electron chi connectivity index (χ2n) is 2.75. The normalized spacial score (nSPS) is 9.93. The van der Waals surface area contributed by atoms with Crippen LogP contribution >= 0.6 is 11.6 Å². The molecule has 1 rings (SSSR count). The molecule has 0 radical (unpaired) electrons. The molecular formula is C9H11ClN2O2. The van der Waals surface area contributed by atoms with Crippen molar-refractivity contribution in [1.29, 1.82) is 0 Å². The zero-order valence-corrected chi connectivity index (χ0v) is 8.76. The van der Waals surface area contributed by atoms with Crippen molar-refractivity contribution >= 4 is 23.2 Å². The highest BCUT2D eigenvalue weighted by Crippen LogP contribution is 2.15. The first-order valence-electron chi connectivity index (χ1n) is 4.05. The van der Waals surface area contributed by atoms with Crippen LogP contribution in [-0.4, -0.2) is 24.6 Å². The third-order valence-corrected chi connectivity index (χ3v) is 1.81. The lowest BCUT2D eigenvalue weighted by Gasteiger charge is -2.06. The van der Waals surface area contributed by atoms with Crippen LogP contribution in [0.15, 0.2) is 12.1 Å². The zero-order valence-electron chi connectivity index (χ0n) is 8.00. The zero-order chi connectivity index (χ0) is 10.6. The van der Waals surface area contributed by atoms with E-state index in [1.165, 1.54) is 7.11 Å². The summed E-state index contributed by atoms with van der Waals surface area (Å²) < 4.78 is 4.68. The van der Waals surface area contributed by atoms with E-state index in [0.29, 0.717) is 16.5 Å². The highest BCUT2D eigenvalue weighted by molar-refractivity contribution is 6.29. The van der Waals surface area contributed by atoms with Gasteiger partial charge in [0.15, 0.2) is 0 Å². The summed E-state index contributed by atoms with van der Waals surface area (Å²) in [6, 6.07) is 3.33. The minimum atomic E-state index is -0.209. The number of rotatable bonds is 3. The highest BCUT2D eigenvalue weighted by atomic mass is 35.5. The molecule has 0 aliphatic rings. The van der Waals surface area contributed by atoms with Gasteiger partial charge in [0.25, 0.3) is 0 Å². The largest absolute Gasteiger partial charge is 0.375 e. The summed E-state index contributed by atoms with van der Waals surface area (Å²) in [5.41, 5.74) is 1.33. The molecule has 1 aromatic rings. The molecule has 0 atom stereocenters. The Bertz CT molecular complexity index is 342. The minimum Gasteiger partial charge on any atom is -0.375 e. The van der Waals surface area contributed by atoms with Crippen molar-refractivity contribution in [2.24, 2.45) is 0 Å². The van der Waals surface area contributed by atoms with Gasteiger partial charge in [0.1, 0.15) is 11.8 Å². The average molecular weight is 215 g/mol. The lowest BCUT2D eigenvalue weighted by molar-refractivity contribution is -0.119. The fraction of sp³-hybridized carbons (Fsp3) is 0.333. The average Bonchev–Trinajstić information content (AvgIpc) is 2.10. The third kappa shape index (κ3) is 2.97. The van der Waals surface area contributed by atoms with Crippen molar-refractivity contribution in [2.75, 3.05) is 19.0 Å². The van der Waals surface area contributed by atoms with Crippen LogP contribution in [0.5, 0.6) is 0 Å². The summed E-state index contributed by atoms with van der Waals surface area (Å²) >= 11 is 5.67. The number of methoxy groups -OCH3 is 1. The van der Waals surface area contributed by atoms with Gasteiger partial charge in [-0.15, -0.1) is 0 Å². The fourth-order valence-corrected chi connectivity index (χ4v) is 1.17. The first-order valence-corrected chi connectivity index (χ1v) is 4.43. The number of halogens is 1. The number of carbonyl (C=O) groups is 1. The molecule has 0 bridgehead atoms. The maximum Gasteiger partial charge on any atom is 0.250 e. The van der Waals surface area contributed by atoms with Crippen LogP contribution in [0.2, 0.25) is 5.15 Å². The molecule has 0 spiro atoms. The molecule has 0 fully saturated rings. The molecule has 76 valence electrons. The smallest absolute Gasteiger partial charge is 0.250 e. The quantitative estimate of drug-likeness (QED) is 0.779. The molecule has 14 heavy (non-hydrogen) atoms. The number of carbonyl (C=O) groups excluding carboxylic acids is 1. The second-order valence-corrected chi connectivity index (χ2v) is 3.14. The Morgan fingerprint density at radius 2 is 2.36 bits per heavy atom. The van der Waals surface area contributed by atoms with Gasteiger partial charge in [0, 0.05) is 7.11 Å². The summed E-state index contributed by atoms with van der Waals surface area (Å²) in [7, 11) is 1.46. The van der Waals surface area contributed by atoms with E-state index in [9.17, 15) is 4.79 Å². The molecule has 1 amide bonds. The number of amides is 1. The standard InChI is InChI=1S/C9H11ClN2O2/c1-6-7(3-4-8(10)11-6)12-9(13)5-14-2/h3-4H,5H2,1-2H3,(H,12,13). The number of anilines is 1. The molecule has 1 N–H and O–H groups in total. The minimum absolute atomic E-state index is 0.0298. The van der Waals surface area contributed by atoms with Gasteiger partial charge < -0.3 is 10.1 Å². The van der Waals surface area contributed by atoms with E-state index in [2.05, 4.69) is 15.0 Å². The van der Waals surface area contributed by atoms with Gasteiger partial charge in [-0.25, -0.2) is 4.98 Å². The lowest BCUT2D eigenvalue weighted by atomic mass is 10.3. The molecule has 1 aromatic heterocycles. The van der Waals surface area contributed by atoms with Crippen molar-refractivity contribution in [2.45, 2.75) is 6.92 Å². The van der Waals surface area contributed by atoms with Crippen molar-refractivity contribution in [3.8, 4) is 0 Å². The predicted octanol–water partition coefficient (Wildman–Crippen LogP) is 1.63. The topological polar surface area (TPSA) is 51.2 Å². The van der Waals surface area contributed by atoms with Gasteiger partial charge in [-0.05, 0) is 19.1 Å². The van der Waals surface area contributed by atoms with Gasteiger partial charge in [0.05, 0.1) is 11.4 Å². The summed E-state index contributed by atoms with van der Waals surface area (Å²) in [4.78, 5) is 15.1. The van der Waals surface area contributed by atoms with Crippen LogP contribution in [0.3, 0.4) is 0 Å². The molecule has 0 saturated heterocycles. The number of hydrogen-bond acceptors (Lipinski definition) is 3. The van der Waals surface area contributed by atoms with E-state index >= 15 is 0 Å². The first kappa shape index (κ1) is 10.9. The number of pyridine rings is 1. The first-order chi connectivity index (χ1) is 6.63. The summed E-state index contributed by atoms with van der Waals surface area (Å²) in [5, 5.41) is 3.06. The van der Waals surface area contributed by atoms with Gasteiger partial charge in [-0.3, -0.25) is 4.79 Å². The molecular weight excluding hydrogens is 204 g/mol. The Labute approximate surface area is 87.2 Å². The van der Waals surface area contributed by atoms with E-state index in [1.807, 2.05) is 0 Å². The summed E-state index contributed by atoms with van der Waals surface area (Å²) in [6.45, 7) is 1.80. The lowest BCUT2D eigenvalue weighted by Crippen LogP contribution is -2.17. The molecule has 4 nitrogen and oxygen atoms in total. The molecule has 0 aromatic carbocycles. The number of nitrogens with one attached hydrogen (secondary N) is 1. The van der Waals surface area contributed by atoms with Gasteiger partial charge in [-0.2, -0.15) is 0 Å². The maximum absolute atomic E-state index is 11.2. The number of hydrogen-bond donors (Lipinski definition) is 1. The Balaban J connectivity index is 2.72. The van der Waals surface area contributed by atoms with Crippen molar-refractivity contribution < 1.29 is 9.53 Å². The molecule has 0 unspecified atom stereocenters. The van der Waals surface area contributed by atoms with Crippen LogP contribution in [0.1, 0.15) is 5.69 Å². The fourth-order valence-electron chi connectivity index (χ4n) is 0.980. The highest BCUT2D eigenvalue weighted by Gasteiger charge is 2.04. The Morgan fingerprint density at radius 1 is 1.64 bits per heavy atom. The third-order valence-electron chi connectivity index (χ3n) is 1.60. The van der Waals surface area contributed by atoms with Gasteiger partial charge in [0.2, 0.25) is 5.91 Å². The Kier molecular flexibility index (Phi) is 3.85. The van der Waals surface area contributed by atoms with Gasteiger partial charge in [-0.1, -0.05) is 11.6 Å². The van der Waals surface area contributed by atoms with E-state index in [1.54, 1.807) is 19.1 Å². The molecule has 1 heterocycles. The summed E-state index contributed by atoms with van der Waals surface area (Å²) in [5.74, 6) is -0.209. The van der Waals surface area contributed by atoms with Crippen molar-refractivity contribution in [3.05, 3.63) is 23.0 Å². The second kappa shape index (κ2) is 4.93. The number of aryl methyl sites for hydroxylation is 1. The molecule has 0 aliphatic carbocycles. The van der Waals surface area contributed by atoms with Gasteiger partial charge >= 0.3 is 0 Å². The molecule has 0 saturated carbocycles. The Hall–Kier alpha value is -1.13. The van der Waals surface area contributed by atoms with E-state index in [4.69, 9.17) is 11.6 Å². The van der Waals surface area contributed by atoms with Crippen molar-refractivity contribution in [1.82, 2.24) is 4.98 Å². The predicted molar refractivity (Wildman–Crippen MR) is 54.5 cm³/mol. The van der Waals surface area contributed by atoms with Crippen molar-refractivity contribution in [3.63, 3.8) is 0 Å². The van der Waals surface area contributed by atoms with Crippen LogP contribution in [-0.2, 0) is 9.53 Å². The molecule has 0 aliphatic heterocycles. The van der Waals surface area contributed by atoms with Crippen LogP contribution < -0.4 is 5.32 Å². The SMILES string of the molecule is COCC(=O)Nc1ccc(Cl)nc1C. The van der Waals surface area contributed by atoms with E-state index in [-0.39, 0.29) is 12.5 Å².